The molecular formula is C13H16ClNO4. The summed E-state index contributed by atoms with van der Waals surface area (Å²) in [6.45, 7) is 4.85. The molecule has 1 unspecified atom stereocenters. The lowest BCUT2D eigenvalue weighted by molar-refractivity contribution is -0.153. The lowest BCUT2D eigenvalue weighted by Gasteiger charge is -2.26. The van der Waals surface area contributed by atoms with Crippen LogP contribution in [0.25, 0.3) is 0 Å². The summed E-state index contributed by atoms with van der Waals surface area (Å²) in [5.74, 6) is -2.06. The number of nitrogens with zero attached hydrogens (tertiary/aromatic N) is 1. The molecule has 0 heterocycles. The summed E-state index contributed by atoms with van der Waals surface area (Å²) in [7, 11) is 0. The van der Waals surface area contributed by atoms with Crippen molar-refractivity contribution in [2.45, 2.75) is 32.6 Å². The van der Waals surface area contributed by atoms with Crippen LogP contribution in [0.5, 0.6) is 0 Å². The largest absolute Gasteiger partial charge is 0.418 e. The van der Waals surface area contributed by atoms with E-state index in [2.05, 4.69) is 4.74 Å². The molecule has 0 bridgehead atoms. The van der Waals surface area contributed by atoms with Crippen molar-refractivity contribution < 1.29 is 19.1 Å². The Morgan fingerprint density at radius 1 is 1.16 bits per heavy atom. The second-order valence-corrected chi connectivity index (χ2v) is 4.42. The van der Waals surface area contributed by atoms with E-state index in [1.807, 2.05) is 32.0 Å². The highest BCUT2D eigenvalue weighted by atomic mass is 35.5. The van der Waals surface area contributed by atoms with Crippen LogP contribution in [0.2, 0.25) is 0 Å². The zero-order chi connectivity index (χ0) is 14.4. The van der Waals surface area contributed by atoms with Crippen LogP contribution in [-0.2, 0) is 14.3 Å². The molecule has 104 valence electrons. The highest BCUT2D eigenvalue weighted by Gasteiger charge is 2.24. The number of carbonyl (C=O) groups excluding carboxylic acids is 2. The van der Waals surface area contributed by atoms with Gasteiger partial charge in [0.05, 0.1) is 0 Å². The highest BCUT2D eigenvalue weighted by Crippen LogP contribution is 2.18. The summed E-state index contributed by atoms with van der Waals surface area (Å²) < 4.78 is 9.39. The Labute approximate surface area is 117 Å². The maximum atomic E-state index is 12.0. The quantitative estimate of drug-likeness (QED) is 0.484. The van der Waals surface area contributed by atoms with Crippen molar-refractivity contribution >= 4 is 29.4 Å². The van der Waals surface area contributed by atoms with Gasteiger partial charge in [-0.2, -0.15) is 0 Å². The third-order valence-electron chi connectivity index (χ3n) is 2.20. The molecule has 0 aliphatic carbocycles. The zero-order valence-electron chi connectivity index (χ0n) is 11.0. The molecule has 19 heavy (non-hydrogen) atoms. The van der Waals surface area contributed by atoms with Crippen LogP contribution in [0.1, 0.15) is 20.8 Å². The fourth-order valence-electron chi connectivity index (χ4n) is 1.49. The van der Waals surface area contributed by atoms with Gasteiger partial charge in [0, 0.05) is 18.7 Å². The number of halogens is 1. The smallest absolute Gasteiger partial charge is 0.411 e. The number of para-hydroxylation sites is 1. The number of hydrogen-bond acceptors (Lipinski definition) is 4. The molecule has 0 N–H and O–H groups in total. The van der Waals surface area contributed by atoms with Gasteiger partial charge in [0.2, 0.25) is 0 Å². The summed E-state index contributed by atoms with van der Waals surface area (Å²) >= 11 is 5.59. The lowest BCUT2D eigenvalue weighted by atomic mass is 10.2. The maximum Gasteiger partial charge on any atom is 0.418 e. The summed E-state index contributed by atoms with van der Waals surface area (Å²) in [6, 6.07) is 8.88. The molecule has 1 atom stereocenters. The summed E-state index contributed by atoms with van der Waals surface area (Å²) in [5, 5.41) is 0. The number of benzene rings is 1. The molecular weight excluding hydrogens is 270 g/mol. The Hall–Kier alpha value is -1.75. The van der Waals surface area contributed by atoms with E-state index in [0.29, 0.717) is 5.69 Å². The molecule has 0 aromatic heterocycles. The Bertz CT molecular complexity index is 436. The van der Waals surface area contributed by atoms with Crippen molar-refractivity contribution in [3.05, 3.63) is 30.3 Å². The normalized spacial score (nSPS) is 11.8. The topological polar surface area (TPSA) is 55.8 Å². The number of hydrogen-bond donors (Lipinski definition) is 0. The number of alkyl halides is 1. The first-order valence-electron chi connectivity index (χ1n) is 5.78. The van der Waals surface area contributed by atoms with Crippen LogP contribution in [0, 0.1) is 0 Å². The fourth-order valence-corrected chi connectivity index (χ4v) is 1.70. The van der Waals surface area contributed by atoms with Gasteiger partial charge in [-0.15, -0.1) is 0 Å². The molecule has 6 heteroatoms. The predicted molar refractivity (Wildman–Crippen MR) is 71.9 cm³/mol. The average molecular weight is 286 g/mol. The fraction of sp³-hybridized carbons (Fsp3) is 0.385. The van der Waals surface area contributed by atoms with Crippen LogP contribution >= 0.6 is 11.6 Å². The minimum absolute atomic E-state index is 0.129. The lowest BCUT2D eigenvalue weighted by Crippen LogP contribution is -2.39. The van der Waals surface area contributed by atoms with E-state index >= 15 is 0 Å². The molecule has 0 aliphatic rings. The number of anilines is 1. The van der Waals surface area contributed by atoms with Gasteiger partial charge in [-0.1, -0.05) is 18.2 Å². The standard InChI is InChI=1S/C13H16ClNO4/c1-9(2)15(11-7-5-4-6-8-11)13(17)19-12(14)18-10(3)16/h4-9,12H,1-3H3. The van der Waals surface area contributed by atoms with Gasteiger partial charge < -0.3 is 9.47 Å². The van der Waals surface area contributed by atoms with Gasteiger partial charge >= 0.3 is 17.8 Å². The molecule has 0 fully saturated rings. The minimum atomic E-state index is -1.44. The second-order valence-electron chi connectivity index (χ2n) is 4.07. The van der Waals surface area contributed by atoms with E-state index in [1.165, 1.54) is 11.8 Å². The van der Waals surface area contributed by atoms with E-state index in [4.69, 9.17) is 16.3 Å². The van der Waals surface area contributed by atoms with Gasteiger partial charge in [0.15, 0.2) is 0 Å². The molecule has 0 spiro atoms. The third kappa shape index (κ3) is 4.79. The van der Waals surface area contributed by atoms with Crippen molar-refractivity contribution in [1.82, 2.24) is 0 Å². The van der Waals surface area contributed by atoms with E-state index in [1.54, 1.807) is 12.1 Å². The predicted octanol–water partition coefficient (Wildman–Crippen LogP) is 3.12. The molecule has 0 radical (unpaired) electrons. The molecule has 1 aromatic carbocycles. The van der Waals surface area contributed by atoms with Gasteiger partial charge in [-0.3, -0.25) is 9.69 Å². The van der Waals surface area contributed by atoms with E-state index in [9.17, 15) is 9.59 Å². The number of esters is 1. The first kappa shape index (κ1) is 15.3. The van der Waals surface area contributed by atoms with Crippen molar-refractivity contribution in [3.8, 4) is 0 Å². The molecule has 0 aliphatic heterocycles. The molecule has 1 aromatic rings. The summed E-state index contributed by atoms with van der Waals surface area (Å²) in [4.78, 5) is 24.1. The molecule has 1 rings (SSSR count). The average Bonchev–Trinajstić information content (AvgIpc) is 2.28. The first-order valence-corrected chi connectivity index (χ1v) is 6.21. The second kappa shape index (κ2) is 6.99. The Morgan fingerprint density at radius 2 is 1.74 bits per heavy atom. The Balaban J connectivity index is 2.78. The van der Waals surface area contributed by atoms with Gasteiger partial charge in [-0.25, -0.2) is 4.79 Å². The third-order valence-corrected chi connectivity index (χ3v) is 2.38. The highest BCUT2D eigenvalue weighted by molar-refractivity contribution is 6.20. The maximum absolute atomic E-state index is 12.0. The van der Waals surface area contributed by atoms with Gasteiger partial charge in [0.1, 0.15) is 0 Å². The summed E-state index contributed by atoms with van der Waals surface area (Å²) in [6.07, 6.45) is -0.678. The Morgan fingerprint density at radius 3 is 2.21 bits per heavy atom. The molecule has 0 saturated heterocycles. The Kier molecular flexibility index (Phi) is 5.63. The minimum Gasteiger partial charge on any atom is -0.411 e. The van der Waals surface area contributed by atoms with Crippen LogP contribution in [0.15, 0.2) is 30.3 Å². The number of amides is 1. The monoisotopic (exact) mass is 285 g/mol. The van der Waals surface area contributed by atoms with Crippen molar-refractivity contribution in [1.29, 1.82) is 0 Å². The van der Waals surface area contributed by atoms with Crippen molar-refractivity contribution in [3.63, 3.8) is 0 Å². The molecule has 1 amide bonds. The zero-order valence-corrected chi connectivity index (χ0v) is 11.8. The van der Waals surface area contributed by atoms with Crippen molar-refractivity contribution in [2.75, 3.05) is 4.90 Å². The van der Waals surface area contributed by atoms with Gasteiger partial charge in [0.25, 0.3) is 0 Å². The van der Waals surface area contributed by atoms with Gasteiger partial charge in [-0.05, 0) is 37.6 Å². The molecule has 0 saturated carbocycles. The van der Waals surface area contributed by atoms with E-state index in [-0.39, 0.29) is 6.04 Å². The van der Waals surface area contributed by atoms with Crippen LogP contribution < -0.4 is 4.90 Å². The van der Waals surface area contributed by atoms with Crippen molar-refractivity contribution in [2.24, 2.45) is 0 Å². The number of rotatable bonds is 4. The van der Waals surface area contributed by atoms with Crippen LogP contribution in [-0.4, -0.2) is 23.9 Å². The van der Waals surface area contributed by atoms with Crippen LogP contribution in [0.3, 0.4) is 0 Å². The molecule has 5 nitrogen and oxygen atoms in total. The van der Waals surface area contributed by atoms with E-state index in [0.717, 1.165) is 0 Å². The summed E-state index contributed by atoms with van der Waals surface area (Å²) in [5.41, 5.74) is 0.675. The van der Waals surface area contributed by atoms with Crippen LogP contribution in [0.4, 0.5) is 10.5 Å². The SMILES string of the molecule is CC(=O)OC(Cl)OC(=O)N(c1ccccc1)C(C)C. The number of carbonyl (C=O) groups is 2. The number of ether oxygens (including phenoxy) is 2. The van der Waals surface area contributed by atoms with E-state index < -0.39 is 17.8 Å². The first-order chi connectivity index (χ1) is 8.91.